The number of rotatable bonds is 3. The topological polar surface area (TPSA) is 35.5 Å². The number of likely N-dealkylation sites (tertiary alicyclic amines) is 1. The maximum Gasteiger partial charge on any atom is 0.0614 e. The van der Waals surface area contributed by atoms with Gasteiger partial charge < -0.3 is 15.3 Å². The molecule has 0 aliphatic carbocycles. The minimum Gasteiger partial charge on any atom is -0.394 e. The summed E-state index contributed by atoms with van der Waals surface area (Å²) < 4.78 is 0. The molecule has 0 saturated carbocycles. The van der Waals surface area contributed by atoms with Gasteiger partial charge in [-0.05, 0) is 33.4 Å². The van der Waals surface area contributed by atoms with E-state index in [2.05, 4.69) is 38.0 Å². The molecule has 0 spiro atoms. The van der Waals surface area contributed by atoms with Gasteiger partial charge in [-0.3, -0.25) is 0 Å². The van der Waals surface area contributed by atoms with Crippen molar-refractivity contribution in [2.75, 3.05) is 20.2 Å². The summed E-state index contributed by atoms with van der Waals surface area (Å²) in [5.41, 5.74) is -0.0416. The van der Waals surface area contributed by atoms with E-state index in [1.165, 1.54) is 0 Å². The molecule has 1 aliphatic rings. The molecule has 0 aromatic heterocycles. The summed E-state index contributed by atoms with van der Waals surface area (Å²) in [6.45, 7) is 7.83. The van der Waals surface area contributed by atoms with Crippen LogP contribution in [0.25, 0.3) is 0 Å². The van der Waals surface area contributed by atoms with Gasteiger partial charge in [0.2, 0.25) is 0 Å². The van der Waals surface area contributed by atoms with Crippen LogP contribution in [0.15, 0.2) is 0 Å². The van der Waals surface area contributed by atoms with E-state index < -0.39 is 0 Å². The highest BCUT2D eigenvalue weighted by atomic mass is 16.3. The molecule has 2 atom stereocenters. The number of nitrogens with one attached hydrogen (secondary N) is 1. The molecule has 1 saturated heterocycles. The zero-order valence-electron chi connectivity index (χ0n) is 9.88. The van der Waals surface area contributed by atoms with Crippen molar-refractivity contribution in [2.24, 2.45) is 0 Å². The number of piperidine rings is 1. The van der Waals surface area contributed by atoms with E-state index in [9.17, 15) is 5.11 Å². The molecule has 3 nitrogen and oxygen atoms in total. The van der Waals surface area contributed by atoms with E-state index in [4.69, 9.17) is 0 Å². The molecule has 2 unspecified atom stereocenters. The third kappa shape index (κ3) is 2.69. The number of aliphatic hydroxyl groups excluding tert-OH is 1. The predicted molar refractivity (Wildman–Crippen MR) is 59.4 cm³/mol. The summed E-state index contributed by atoms with van der Waals surface area (Å²) in [7, 11) is 2.15. The second-order valence-electron chi connectivity index (χ2n) is 5.02. The first-order chi connectivity index (χ1) is 6.49. The lowest BCUT2D eigenvalue weighted by molar-refractivity contribution is 0.0538. The summed E-state index contributed by atoms with van der Waals surface area (Å²) in [6.07, 6.45) is 2.08. The smallest absolute Gasteiger partial charge is 0.0614 e. The van der Waals surface area contributed by atoms with Crippen molar-refractivity contribution >= 4 is 0 Å². The molecule has 14 heavy (non-hydrogen) atoms. The Hall–Kier alpha value is -0.120. The largest absolute Gasteiger partial charge is 0.394 e. The summed E-state index contributed by atoms with van der Waals surface area (Å²) in [5, 5.41) is 13.0. The molecule has 0 radical (unpaired) electrons. The van der Waals surface area contributed by atoms with Crippen LogP contribution in [0, 0.1) is 0 Å². The molecular formula is C11H24N2O. The van der Waals surface area contributed by atoms with Gasteiger partial charge in [-0.15, -0.1) is 0 Å². The van der Waals surface area contributed by atoms with E-state index in [0.29, 0.717) is 12.1 Å². The molecule has 1 aliphatic heterocycles. The Kier molecular flexibility index (Phi) is 3.93. The molecule has 1 heterocycles. The third-order valence-corrected chi connectivity index (χ3v) is 3.28. The maximum absolute atomic E-state index is 9.51. The fraction of sp³-hybridized carbons (Fsp3) is 1.00. The van der Waals surface area contributed by atoms with Crippen LogP contribution in [-0.2, 0) is 0 Å². The molecule has 0 bridgehead atoms. The fourth-order valence-electron chi connectivity index (χ4n) is 2.37. The summed E-state index contributed by atoms with van der Waals surface area (Å²) in [4.78, 5) is 2.36. The molecule has 0 aromatic carbocycles. The number of nitrogens with zero attached hydrogens (tertiary/aromatic N) is 1. The molecule has 2 N–H and O–H groups in total. The fourth-order valence-corrected chi connectivity index (χ4v) is 2.37. The Balaban J connectivity index is 2.61. The summed E-state index contributed by atoms with van der Waals surface area (Å²) >= 11 is 0. The second kappa shape index (κ2) is 4.60. The highest BCUT2D eigenvalue weighted by molar-refractivity contribution is 4.96. The van der Waals surface area contributed by atoms with Crippen LogP contribution >= 0.6 is 0 Å². The lowest BCUT2D eigenvalue weighted by atomic mass is 9.84. The van der Waals surface area contributed by atoms with Crippen molar-refractivity contribution in [1.29, 1.82) is 0 Å². The van der Waals surface area contributed by atoms with Crippen LogP contribution in [0.5, 0.6) is 0 Å². The minimum absolute atomic E-state index is 0.0416. The Morgan fingerprint density at radius 1 is 1.57 bits per heavy atom. The third-order valence-electron chi connectivity index (χ3n) is 3.28. The molecule has 0 amide bonds. The van der Waals surface area contributed by atoms with Gasteiger partial charge in [0, 0.05) is 17.6 Å². The molecule has 84 valence electrons. The van der Waals surface area contributed by atoms with Crippen molar-refractivity contribution in [3.63, 3.8) is 0 Å². The van der Waals surface area contributed by atoms with Gasteiger partial charge in [-0.25, -0.2) is 0 Å². The van der Waals surface area contributed by atoms with E-state index in [1.807, 2.05) is 0 Å². The maximum atomic E-state index is 9.51. The predicted octanol–water partition coefficient (Wildman–Crippen LogP) is 0.830. The second-order valence-corrected chi connectivity index (χ2v) is 5.02. The number of hydrogen-bond acceptors (Lipinski definition) is 3. The van der Waals surface area contributed by atoms with Gasteiger partial charge in [0.05, 0.1) is 6.61 Å². The Labute approximate surface area is 87.5 Å². The first-order valence-corrected chi connectivity index (χ1v) is 5.58. The van der Waals surface area contributed by atoms with Crippen LogP contribution in [0.3, 0.4) is 0 Å². The Morgan fingerprint density at radius 2 is 2.21 bits per heavy atom. The highest BCUT2D eigenvalue weighted by Crippen LogP contribution is 2.26. The summed E-state index contributed by atoms with van der Waals surface area (Å²) in [6, 6.07) is 1.000. The first-order valence-electron chi connectivity index (χ1n) is 5.58. The lowest BCUT2D eigenvalue weighted by Crippen LogP contribution is -2.59. The van der Waals surface area contributed by atoms with Crippen molar-refractivity contribution in [3.8, 4) is 0 Å². The van der Waals surface area contributed by atoms with E-state index in [-0.39, 0.29) is 12.1 Å². The Morgan fingerprint density at radius 3 is 2.64 bits per heavy atom. The zero-order chi connectivity index (χ0) is 10.8. The first kappa shape index (κ1) is 12.0. The van der Waals surface area contributed by atoms with Gasteiger partial charge in [-0.1, -0.05) is 13.8 Å². The van der Waals surface area contributed by atoms with E-state index in [0.717, 1.165) is 19.4 Å². The van der Waals surface area contributed by atoms with Gasteiger partial charge >= 0.3 is 0 Å². The minimum atomic E-state index is -0.0416. The Bertz CT molecular complexity index is 184. The van der Waals surface area contributed by atoms with E-state index >= 15 is 0 Å². The van der Waals surface area contributed by atoms with Crippen LogP contribution in [0.4, 0.5) is 0 Å². The van der Waals surface area contributed by atoms with Crippen LogP contribution in [0.1, 0.15) is 33.6 Å². The monoisotopic (exact) mass is 200 g/mol. The van der Waals surface area contributed by atoms with Crippen molar-refractivity contribution in [2.45, 2.75) is 51.2 Å². The van der Waals surface area contributed by atoms with Gasteiger partial charge in [0.25, 0.3) is 0 Å². The number of aliphatic hydroxyl groups is 1. The molecule has 1 fully saturated rings. The molecule has 3 heteroatoms. The zero-order valence-corrected chi connectivity index (χ0v) is 9.88. The number of hydrogen-bond donors (Lipinski definition) is 2. The standard InChI is InChI=1S/C11H24N2O/c1-9(2)12-11(8-14)5-6-13(4)10(3)7-11/h9-10,12,14H,5-8H2,1-4H3. The summed E-state index contributed by atoms with van der Waals surface area (Å²) in [5.74, 6) is 0. The average Bonchev–Trinajstić information content (AvgIpc) is 2.11. The van der Waals surface area contributed by atoms with E-state index in [1.54, 1.807) is 0 Å². The molecular weight excluding hydrogens is 176 g/mol. The molecule has 1 rings (SSSR count). The van der Waals surface area contributed by atoms with Crippen LogP contribution in [0.2, 0.25) is 0 Å². The van der Waals surface area contributed by atoms with Gasteiger partial charge in [-0.2, -0.15) is 0 Å². The van der Waals surface area contributed by atoms with Crippen molar-refractivity contribution in [3.05, 3.63) is 0 Å². The van der Waals surface area contributed by atoms with Crippen LogP contribution in [-0.4, -0.2) is 47.8 Å². The highest BCUT2D eigenvalue weighted by Gasteiger charge is 2.36. The average molecular weight is 200 g/mol. The molecule has 0 aromatic rings. The van der Waals surface area contributed by atoms with Gasteiger partial charge in [0.15, 0.2) is 0 Å². The quantitative estimate of drug-likeness (QED) is 0.708. The van der Waals surface area contributed by atoms with Crippen LogP contribution < -0.4 is 5.32 Å². The van der Waals surface area contributed by atoms with Gasteiger partial charge in [0.1, 0.15) is 0 Å². The van der Waals surface area contributed by atoms with Crippen molar-refractivity contribution in [1.82, 2.24) is 10.2 Å². The SMILES string of the molecule is CC(C)NC1(CO)CCN(C)C(C)C1. The van der Waals surface area contributed by atoms with Crippen molar-refractivity contribution < 1.29 is 5.11 Å². The lowest BCUT2D eigenvalue weighted by Gasteiger charge is -2.45. The normalized spacial score (nSPS) is 35.1.